The number of aromatic hydroxyl groups is 1. The van der Waals surface area contributed by atoms with Crippen LogP contribution in [0.5, 0.6) is 11.9 Å². The molecule has 162 valence electrons. The van der Waals surface area contributed by atoms with Gasteiger partial charge in [0.15, 0.2) is 6.61 Å². The van der Waals surface area contributed by atoms with Crippen molar-refractivity contribution in [2.45, 2.75) is 25.1 Å². The maximum Gasteiger partial charge on any atom is 0.422 e. The van der Waals surface area contributed by atoms with Crippen LogP contribution in [-0.2, 0) is 0 Å². The third kappa shape index (κ3) is 5.15. The zero-order valence-electron chi connectivity index (χ0n) is 16.7. The van der Waals surface area contributed by atoms with E-state index < -0.39 is 24.7 Å². The zero-order valence-corrected chi connectivity index (χ0v) is 16.7. The minimum Gasteiger partial charge on any atom is -0.493 e. The quantitative estimate of drug-likeness (QED) is 0.714. The molecule has 1 N–H and O–H groups in total. The Bertz CT molecular complexity index is 950. The van der Waals surface area contributed by atoms with Crippen molar-refractivity contribution in [1.29, 1.82) is 0 Å². The van der Waals surface area contributed by atoms with Gasteiger partial charge in [0.1, 0.15) is 16.9 Å². The van der Waals surface area contributed by atoms with Gasteiger partial charge in [0.2, 0.25) is 5.88 Å². The Balaban J connectivity index is 1.98. The predicted octanol–water partition coefficient (Wildman–Crippen LogP) is 2.70. The summed E-state index contributed by atoms with van der Waals surface area (Å²) in [4.78, 5) is 20.2. The number of aliphatic imine (C=N–C) groups is 1. The number of fused-ring (bicyclic) bond motifs is 1. The van der Waals surface area contributed by atoms with Crippen LogP contribution in [0.3, 0.4) is 0 Å². The van der Waals surface area contributed by atoms with Crippen molar-refractivity contribution in [2.75, 3.05) is 33.8 Å². The lowest BCUT2D eigenvalue weighted by Crippen LogP contribution is -2.42. The number of alkyl halides is 3. The number of likely N-dealkylation sites (N-methyl/N-ethyl adjacent to an activating group) is 2. The van der Waals surface area contributed by atoms with Gasteiger partial charge in [-0.1, -0.05) is 0 Å². The summed E-state index contributed by atoms with van der Waals surface area (Å²) in [5.74, 6) is -0.508. The molecule has 1 fully saturated rings. The van der Waals surface area contributed by atoms with E-state index in [1.54, 1.807) is 6.20 Å². The second-order valence-corrected chi connectivity index (χ2v) is 7.19. The van der Waals surface area contributed by atoms with Crippen LogP contribution in [0.1, 0.15) is 18.5 Å². The lowest BCUT2D eigenvalue weighted by molar-refractivity contribution is -0.154. The number of halogens is 3. The van der Waals surface area contributed by atoms with Gasteiger partial charge in [-0.3, -0.25) is 9.98 Å². The molecular formula is C19H23F3N6O2. The molecule has 0 bridgehead atoms. The highest BCUT2D eigenvalue weighted by Gasteiger charge is 2.29. The Labute approximate surface area is 171 Å². The number of piperidine rings is 1. The standard InChI is InChI=1S/C19H23F3N6O2/c1-23-14(10-28(3)12-5-4-8-27(2)9-12)16-15-13(6-7-24-16)17(29)26-18(25-15)30-11-19(20,21)22/h6-7,10,12H,1,4-5,8-9,11H2,2-3H3,(H,25,26,29)/b14-10-. The molecule has 2 aromatic rings. The summed E-state index contributed by atoms with van der Waals surface area (Å²) in [6.45, 7) is 3.95. The SMILES string of the molecule is C=N/C(=C\N(C)C1CCCN(C)C1)c1nccc2c(O)nc(OCC(F)(F)F)nc12. The largest absolute Gasteiger partial charge is 0.493 e. The highest BCUT2D eigenvalue weighted by molar-refractivity contribution is 5.92. The molecule has 30 heavy (non-hydrogen) atoms. The van der Waals surface area contributed by atoms with Crippen molar-refractivity contribution >= 4 is 23.3 Å². The van der Waals surface area contributed by atoms with Gasteiger partial charge < -0.3 is 19.6 Å². The van der Waals surface area contributed by atoms with E-state index in [0.29, 0.717) is 5.70 Å². The Hall–Kier alpha value is -2.95. The molecular weight excluding hydrogens is 401 g/mol. The first-order valence-corrected chi connectivity index (χ1v) is 9.32. The van der Waals surface area contributed by atoms with Crippen LogP contribution in [0, 0.1) is 0 Å². The van der Waals surface area contributed by atoms with E-state index in [1.165, 1.54) is 12.3 Å². The first-order chi connectivity index (χ1) is 14.2. The van der Waals surface area contributed by atoms with Crippen molar-refractivity contribution in [2.24, 2.45) is 4.99 Å². The Morgan fingerprint density at radius 3 is 2.90 bits per heavy atom. The van der Waals surface area contributed by atoms with Gasteiger partial charge in [0, 0.05) is 32.0 Å². The first kappa shape index (κ1) is 21.8. The summed E-state index contributed by atoms with van der Waals surface area (Å²) in [6.07, 6.45) is 0.737. The third-order valence-corrected chi connectivity index (χ3v) is 4.85. The van der Waals surface area contributed by atoms with E-state index in [2.05, 4.69) is 43.3 Å². The third-order valence-electron chi connectivity index (χ3n) is 4.85. The van der Waals surface area contributed by atoms with Crippen LogP contribution in [0.4, 0.5) is 13.2 Å². The summed E-state index contributed by atoms with van der Waals surface area (Å²) < 4.78 is 42.0. The summed E-state index contributed by atoms with van der Waals surface area (Å²) in [7, 11) is 3.98. The van der Waals surface area contributed by atoms with E-state index in [-0.39, 0.29) is 22.6 Å². The van der Waals surface area contributed by atoms with Crippen molar-refractivity contribution in [3.8, 4) is 11.9 Å². The number of pyridine rings is 1. The molecule has 0 amide bonds. The number of aromatic nitrogens is 3. The number of ether oxygens (including phenoxy) is 1. The molecule has 0 radical (unpaired) electrons. The van der Waals surface area contributed by atoms with Crippen LogP contribution in [0.2, 0.25) is 0 Å². The molecule has 11 heteroatoms. The van der Waals surface area contributed by atoms with Crippen molar-refractivity contribution in [3.05, 3.63) is 24.2 Å². The fraction of sp³-hybridized carbons (Fsp3) is 0.474. The first-order valence-electron chi connectivity index (χ1n) is 9.32. The summed E-state index contributed by atoms with van der Waals surface area (Å²) in [5.41, 5.74) is 0.749. The van der Waals surface area contributed by atoms with Crippen molar-refractivity contribution < 1.29 is 23.0 Å². The molecule has 0 saturated carbocycles. The Morgan fingerprint density at radius 1 is 1.47 bits per heavy atom. The van der Waals surface area contributed by atoms with Crippen LogP contribution in [-0.4, -0.2) is 82.6 Å². The number of hydrogen-bond donors (Lipinski definition) is 1. The zero-order chi connectivity index (χ0) is 21.9. The number of rotatable bonds is 6. The second-order valence-electron chi connectivity index (χ2n) is 7.19. The lowest BCUT2D eigenvalue weighted by atomic mass is 10.1. The predicted molar refractivity (Wildman–Crippen MR) is 106 cm³/mol. The average molecular weight is 424 g/mol. The number of likely N-dealkylation sites (tertiary alicyclic amines) is 1. The maximum absolute atomic E-state index is 12.5. The molecule has 1 unspecified atom stereocenters. The van der Waals surface area contributed by atoms with Crippen LogP contribution in [0.25, 0.3) is 16.6 Å². The van der Waals surface area contributed by atoms with Crippen LogP contribution in [0.15, 0.2) is 23.5 Å². The number of nitrogens with zero attached hydrogens (tertiary/aromatic N) is 6. The van der Waals surface area contributed by atoms with Gasteiger partial charge in [-0.05, 0) is 39.2 Å². The van der Waals surface area contributed by atoms with E-state index in [9.17, 15) is 18.3 Å². The molecule has 1 aliphatic rings. The Morgan fingerprint density at radius 2 is 2.23 bits per heavy atom. The van der Waals surface area contributed by atoms with Gasteiger partial charge in [-0.25, -0.2) is 0 Å². The van der Waals surface area contributed by atoms with Crippen LogP contribution >= 0.6 is 0 Å². The molecule has 0 aliphatic carbocycles. The van der Waals surface area contributed by atoms with E-state index in [1.807, 2.05) is 11.9 Å². The topological polar surface area (TPSA) is 87.0 Å². The van der Waals surface area contributed by atoms with Gasteiger partial charge >= 0.3 is 12.2 Å². The molecule has 0 spiro atoms. The molecule has 3 rings (SSSR count). The van der Waals surface area contributed by atoms with Gasteiger partial charge in [0.25, 0.3) is 0 Å². The van der Waals surface area contributed by atoms with Crippen LogP contribution < -0.4 is 4.74 Å². The van der Waals surface area contributed by atoms with Crippen molar-refractivity contribution in [3.63, 3.8) is 0 Å². The molecule has 1 aliphatic heterocycles. The monoisotopic (exact) mass is 424 g/mol. The van der Waals surface area contributed by atoms with E-state index in [0.717, 1.165) is 25.9 Å². The highest BCUT2D eigenvalue weighted by atomic mass is 19.4. The smallest absolute Gasteiger partial charge is 0.422 e. The fourth-order valence-corrected chi connectivity index (χ4v) is 3.36. The van der Waals surface area contributed by atoms with E-state index in [4.69, 9.17) is 0 Å². The minimum absolute atomic E-state index is 0.120. The fourth-order valence-electron chi connectivity index (χ4n) is 3.36. The van der Waals surface area contributed by atoms with Gasteiger partial charge in [-0.15, -0.1) is 0 Å². The maximum atomic E-state index is 12.5. The average Bonchev–Trinajstić information content (AvgIpc) is 2.69. The molecule has 8 nitrogen and oxygen atoms in total. The molecule has 2 aromatic heterocycles. The molecule has 0 aromatic carbocycles. The van der Waals surface area contributed by atoms with Gasteiger partial charge in [0.05, 0.1) is 5.39 Å². The van der Waals surface area contributed by atoms with Crippen molar-refractivity contribution in [1.82, 2.24) is 24.8 Å². The van der Waals surface area contributed by atoms with E-state index >= 15 is 0 Å². The Kier molecular flexibility index (Phi) is 6.40. The summed E-state index contributed by atoms with van der Waals surface area (Å²) in [5, 5.41) is 10.4. The summed E-state index contributed by atoms with van der Waals surface area (Å²) in [6, 6.07) is 1.13. The molecule has 1 saturated heterocycles. The second kappa shape index (κ2) is 8.82. The lowest BCUT2D eigenvalue weighted by Gasteiger charge is -2.35. The minimum atomic E-state index is -4.56. The normalized spacial score (nSPS) is 18.4. The molecule has 3 heterocycles. The molecule has 1 atom stereocenters. The van der Waals surface area contributed by atoms with Gasteiger partial charge in [-0.2, -0.15) is 23.1 Å². The highest BCUT2D eigenvalue weighted by Crippen LogP contribution is 2.30. The summed E-state index contributed by atoms with van der Waals surface area (Å²) >= 11 is 0. The number of hydrogen-bond acceptors (Lipinski definition) is 8.